The van der Waals surface area contributed by atoms with E-state index in [0.29, 0.717) is 12.2 Å². The van der Waals surface area contributed by atoms with Gasteiger partial charge in [0.15, 0.2) is 11.6 Å². The third kappa shape index (κ3) is 5.54. The molecule has 0 radical (unpaired) electrons. The average molecular weight is 418 g/mol. The maximum absolute atomic E-state index is 12.4. The van der Waals surface area contributed by atoms with Crippen LogP contribution in [-0.4, -0.2) is 21.6 Å². The fourth-order valence-corrected chi connectivity index (χ4v) is 3.50. The van der Waals surface area contributed by atoms with Crippen molar-refractivity contribution in [1.29, 1.82) is 0 Å². The Morgan fingerprint density at radius 1 is 1.03 bits per heavy atom. The van der Waals surface area contributed by atoms with Crippen molar-refractivity contribution in [2.75, 3.05) is 0 Å². The molecule has 0 aliphatic heterocycles. The molecule has 0 amide bonds. The van der Waals surface area contributed by atoms with Gasteiger partial charge < -0.3 is 0 Å². The van der Waals surface area contributed by atoms with Crippen molar-refractivity contribution in [3.05, 3.63) is 75.9 Å². The van der Waals surface area contributed by atoms with Gasteiger partial charge in [0.05, 0.1) is 0 Å². The first-order valence-electron chi connectivity index (χ1n) is 10.4. The van der Waals surface area contributed by atoms with E-state index >= 15 is 0 Å². The maximum atomic E-state index is 12.4. The summed E-state index contributed by atoms with van der Waals surface area (Å²) in [6.07, 6.45) is 2.25. The van der Waals surface area contributed by atoms with Gasteiger partial charge in [-0.1, -0.05) is 67.0 Å². The predicted octanol–water partition coefficient (Wildman–Crippen LogP) is 5.36. The number of hydrogen-bond donors (Lipinski definition) is 1. The van der Waals surface area contributed by atoms with Gasteiger partial charge in [0.1, 0.15) is 0 Å². The van der Waals surface area contributed by atoms with E-state index in [1.54, 1.807) is 6.92 Å². The van der Waals surface area contributed by atoms with Crippen LogP contribution in [0.4, 0.5) is 0 Å². The molecule has 0 bridgehead atoms. The van der Waals surface area contributed by atoms with Gasteiger partial charge >= 0.3 is 5.76 Å². The molecule has 1 aromatic heterocycles. The van der Waals surface area contributed by atoms with E-state index < -0.39 is 5.76 Å². The zero-order valence-corrected chi connectivity index (χ0v) is 18.4. The van der Waals surface area contributed by atoms with E-state index in [0.717, 1.165) is 52.1 Å². The van der Waals surface area contributed by atoms with Crippen LogP contribution in [0.5, 0.6) is 0 Å². The van der Waals surface area contributed by atoms with E-state index in [4.69, 9.17) is 0 Å². The molecular weight excluding hydrogens is 390 g/mol. The summed E-state index contributed by atoms with van der Waals surface area (Å²) in [7, 11) is 0. The summed E-state index contributed by atoms with van der Waals surface area (Å²) in [5.74, 6) is -0.141. The Hall–Kier alpha value is -3.54. The van der Waals surface area contributed by atoms with Gasteiger partial charge in [0, 0.05) is 29.0 Å². The van der Waals surface area contributed by atoms with Gasteiger partial charge in [0.2, 0.25) is 0 Å². The molecule has 6 nitrogen and oxygen atoms in total. The lowest BCUT2D eigenvalue weighted by Gasteiger charge is -2.12. The lowest BCUT2D eigenvalue weighted by Crippen LogP contribution is -2.06. The minimum absolute atomic E-state index is 0.0536. The van der Waals surface area contributed by atoms with E-state index in [2.05, 4.69) is 26.6 Å². The molecule has 0 atom stereocenters. The molecule has 3 aromatic rings. The van der Waals surface area contributed by atoms with Crippen molar-refractivity contribution in [3.63, 3.8) is 0 Å². The molecule has 1 heterocycles. The van der Waals surface area contributed by atoms with Crippen LogP contribution >= 0.6 is 0 Å². The van der Waals surface area contributed by atoms with Gasteiger partial charge in [0.25, 0.3) is 0 Å². The lowest BCUT2D eigenvalue weighted by molar-refractivity contribution is -0.113. The molecule has 31 heavy (non-hydrogen) atoms. The van der Waals surface area contributed by atoms with E-state index in [9.17, 15) is 9.59 Å². The normalized spacial score (nSPS) is 11.7. The Morgan fingerprint density at radius 2 is 1.71 bits per heavy atom. The van der Waals surface area contributed by atoms with Crippen molar-refractivity contribution in [3.8, 4) is 22.5 Å². The number of Topliss-reactive ketones (excluding diaryl/α,β-unsaturated/α-hetero) is 1. The van der Waals surface area contributed by atoms with Gasteiger partial charge in [-0.3, -0.25) is 19.3 Å². The highest BCUT2D eigenvalue weighted by molar-refractivity contribution is 5.95. The SMILES string of the molecule is CCC/C(N=C(C)C)=C(\Cc1ccc(-c2ccccc2-c2noc(=O)[nH]2)cc1)C(C)=O. The Morgan fingerprint density at radius 3 is 2.26 bits per heavy atom. The number of ketones is 1. The molecule has 0 fully saturated rings. The number of rotatable bonds is 8. The van der Waals surface area contributed by atoms with Crippen LogP contribution in [0, 0.1) is 0 Å². The molecule has 0 aliphatic rings. The van der Waals surface area contributed by atoms with Gasteiger partial charge in [-0.05, 0) is 43.9 Å². The number of aliphatic imine (C=N–C) groups is 1. The number of carbonyl (C=O) groups is 1. The minimum atomic E-state index is -0.587. The highest BCUT2D eigenvalue weighted by atomic mass is 16.5. The molecule has 1 N–H and O–H groups in total. The van der Waals surface area contributed by atoms with Crippen LogP contribution in [0.2, 0.25) is 0 Å². The highest BCUT2D eigenvalue weighted by Gasteiger charge is 2.14. The number of hydrogen-bond acceptors (Lipinski definition) is 5. The molecule has 2 aromatic carbocycles. The number of benzene rings is 2. The zero-order valence-electron chi connectivity index (χ0n) is 18.4. The highest BCUT2D eigenvalue weighted by Crippen LogP contribution is 2.30. The average Bonchev–Trinajstić information content (AvgIpc) is 3.18. The predicted molar refractivity (Wildman–Crippen MR) is 123 cm³/mol. The number of H-pyrrole nitrogens is 1. The summed E-state index contributed by atoms with van der Waals surface area (Å²) < 4.78 is 4.66. The fraction of sp³-hybridized carbons (Fsp3) is 0.280. The first kappa shape index (κ1) is 22.2. The van der Waals surface area contributed by atoms with Crippen LogP contribution in [0.1, 0.15) is 46.1 Å². The van der Waals surface area contributed by atoms with Crippen molar-refractivity contribution in [2.24, 2.45) is 4.99 Å². The third-order valence-electron chi connectivity index (χ3n) is 4.89. The largest absolute Gasteiger partial charge is 0.439 e. The molecule has 0 saturated heterocycles. The third-order valence-corrected chi connectivity index (χ3v) is 4.89. The first-order chi connectivity index (χ1) is 14.9. The summed E-state index contributed by atoms with van der Waals surface area (Å²) >= 11 is 0. The van der Waals surface area contributed by atoms with Crippen LogP contribution < -0.4 is 5.76 Å². The number of aromatic amines is 1. The van der Waals surface area contributed by atoms with Crippen molar-refractivity contribution in [1.82, 2.24) is 10.1 Å². The molecule has 0 unspecified atom stereocenters. The number of carbonyl (C=O) groups excluding carboxylic acids is 1. The quantitative estimate of drug-likeness (QED) is 0.394. The minimum Gasteiger partial charge on any atom is -0.296 e. The maximum Gasteiger partial charge on any atom is 0.439 e. The molecule has 6 heteroatoms. The van der Waals surface area contributed by atoms with Gasteiger partial charge in [-0.25, -0.2) is 4.79 Å². The zero-order chi connectivity index (χ0) is 22.4. The van der Waals surface area contributed by atoms with E-state index in [1.807, 2.05) is 62.4 Å². The molecule has 160 valence electrons. The van der Waals surface area contributed by atoms with Crippen molar-refractivity contribution in [2.45, 2.75) is 47.0 Å². The monoisotopic (exact) mass is 417 g/mol. The summed E-state index contributed by atoms with van der Waals surface area (Å²) in [6, 6.07) is 15.7. The Labute approximate surface area is 181 Å². The number of nitrogens with zero attached hydrogens (tertiary/aromatic N) is 2. The fourth-order valence-electron chi connectivity index (χ4n) is 3.50. The molecule has 0 saturated carbocycles. The lowest BCUT2D eigenvalue weighted by atomic mass is 9.95. The Balaban J connectivity index is 1.94. The summed E-state index contributed by atoms with van der Waals surface area (Å²) in [5, 5.41) is 3.81. The number of aromatic nitrogens is 2. The topological polar surface area (TPSA) is 88.3 Å². The summed E-state index contributed by atoms with van der Waals surface area (Å²) in [5.41, 5.74) is 6.31. The van der Waals surface area contributed by atoms with E-state index in [-0.39, 0.29) is 5.78 Å². The van der Waals surface area contributed by atoms with Gasteiger partial charge in [-0.15, -0.1) is 0 Å². The van der Waals surface area contributed by atoms with E-state index in [1.165, 1.54) is 0 Å². The van der Waals surface area contributed by atoms with Crippen LogP contribution in [0.25, 0.3) is 22.5 Å². The number of allylic oxidation sites excluding steroid dienone is 2. The Bertz CT molecular complexity index is 1180. The summed E-state index contributed by atoms with van der Waals surface area (Å²) in [4.78, 5) is 31.0. The second kappa shape index (κ2) is 9.98. The van der Waals surface area contributed by atoms with Crippen molar-refractivity contribution >= 4 is 11.5 Å². The molecule has 0 spiro atoms. The molecular formula is C25H27N3O3. The standard InChI is InChI=1S/C25H27N3O3/c1-5-8-23(26-16(2)3)22(17(4)29)15-18-11-13-19(14-12-18)20-9-6-7-10-21(20)24-27-25(30)31-28-24/h6-7,9-14H,5,8,15H2,1-4H3,(H,27,28,30)/b23-22-. The summed E-state index contributed by atoms with van der Waals surface area (Å²) in [6.45, 7) is 7.59. The van der Waals surface area contributed by atoms with Crippen LogP contribution in [-0.2, 0) is 11.2 Å². The second-order valence-corrected chi connectivity index (χ2v) is 7.65. The molecule has 0 aliphatic carbocycles. The Kier molecular flexibility index (Phi) is 7.13. The van der Waals surface area contributed by atoms with Gasteiger partial charge in [-0.2, -0.15) is 0 Å². The smallest absolute Gasteiger partial charge is 0.296 e. The second-order valence-electron chi connectivity index (χ2n) is 7.65. The first-order valence-corrected chi connectivity index (χ1v) is 10.4. The number of nitrogens with one attached hydrogen (secondary N) is 1. The van der Waals surface area contributed by atoms with Crippen molar-refractivity contribution < 1.29 is 9.32 Å². The molecule has 3 rings (SSSR count). The van der Waals surface area contributed by atoms with Crippen LogP contribution in [0.3, 0.4) is 0 Å². The van der Waals surface area contributed by atoms with Crippen LogP contribution in [0.15, 0.2) is 74.1 Å².